The molecule has 0 aromatic rings. The SMILES string of the molecule is CCOC(=O)CCCNCCC(C)C. The lowest BCUT2D eigenvalue weighted by Crippen LogP contribution is -2.19. The van der Waals surface area contributed by atoms with E-state index in [0.717, 1.165) is 25.4 Å². The molecule has 0 aliphatic carbocycles. The summed E-state index contributed by atoms with van der Waals surface area (Å²) in [4.78, 5) is 10.9. The molecule has 0 aliphatic heterocycles. The summed E-state index contributed by atoms with van der Waals surface area (Å²) >= 11 is 0. The number of ether oxygens (including phenoxy) is 1. The van der Waals surface area contributed by atoms with E-state index in [-0.39, 0.29) is 5.97 Å². The summed E-state index contributed by atoms with van der Waals surface area (Å²) in [5.74, 6) is 0.658. The Morgan fingerprint density at radius 1 is 1.36 bits per heavy atom. The maximum absolute atomic E-state index is 10.9. The van der Waals surface area contributed by atoms with E-state index in [1.54, 1.807) is 0 Å². The maximum Gasteiger partial charge on any atom is 0.305 e. The third-order valence-electron chi connectivity index (χ3n) is 1.94. The average Bonchev–Trinajstić information content (AvgIpc) is 2.11. The number of carbonyl (C=O) groups is 1. The van der Waals surface area contributed by atoms with E-state index in [0.29, 0.717) is 13.0 Å². The van der Waals surface area contributed by atoms with Gasteiger partial charge in [-0.05, 0) is 38.8 Å². The molecular formula is C11H23NO2. The van der Waals surface area contributed by atoms with Gasteiger partial charge in [0.15, 0.2) is 0 Å². The van der Waals surface area contributed by atoms with Crippen LogP contribution in [-0.4, -0.2) is 25.7 Å². The summed E-state index contributed by atoms with van der Waals surface area (Å²) in [7, 11) is 0. The minimum absolute atomic E-state index is 0.0850. The molecule has 0 heterocycles. The molecule has 0 radical (unpaired) electrons. The molecule has 0 aliphatic rings. The highest BCUT2D eigenvalue weighted by molar-refractivity contribution is 5.69. The van der Waals surface area contributed by atoms with E-state index < -0.39 is 0 Å². The van der Waals surface area contributed by atoms with E-state index in [1.807, 2.05) is 6.92 Å². The second-order valence-corrected chi connectivity index (χ2v) is 3.84. The average molecular weight is 201 g/mol. The minimum Gasteiger partial charge on any atom is -0.466 e. The van der Waals surface area contributed by atoms with Crippen molar-refractivity contribution in [2.75, 3.05) is 19.7 Å². The van der Waals surface area contributed by atoms with Gasteiger partial charge in [0.25, 0.3) is 0 Å². The summed E-state index contributed by atoms with van der Waals surface area (Å²) in [5, 5.41) is 3.31. The fourth-order valence-electron chi connectivity index (χ4n) is 1.11. The summed E-state index contributed by atoms with van der Waals surface area (Å²) in [6.07, 6.45) is 2.60. The molecule has 0 unspecified atom stereocenters. The molecular weight excluding hydrogens is 178 g/mol. The van der Waals surface area contributed by atoms with Crippen molar-refractivity contribution in [3.8, 4) is 0 Å². The van der Waals surface area contributed by atoms with Crippen LogP contribution in [0.5, 0.6) is 0 Å². The molecule has 84 valence electrons. The molecule has 0 rings (SSSR count). The smallest absolute Gasteiger partial charge is 0.305 e. The fourth-order valence-corrected chi connectivity index (χ4v) is 1.11. The molecule has 0 fully saturated rings. The third-order valence-corrected chi connectivity index (χ3v) is 1.94. The standard InChI is InChI=1S/C11H23NO2/c1-4-14-11(13)6-5-8-12-9-7-10(2)3/h10,12H,4-9H2,1-3H3. The Kier molecular flexibility index (Phi) is 8.64. The number of rotatable bonds is 8. The Morgan fingerprint density at radius 2 is 2.07 bits per heavy atom. The van der Waals surface area contributed by atoms with E-state index in [9.17, 15) is 4.79 Å². The summed E-state index contributed by atoms with van der Waals surface area (Å²) in [6.45, 7) is 8.69. The van der Waals surface area contributed by atoms with Gasteiger partial charge in [-0.1, -0.05) is 13.8 Å². The molecule has 14 heavy (non-hydrogen) atoms. The molecule has 0 aromatic heterocycles. The van der Waals surface area contributed by atoms with Gasteiger partial charge in [-0.3, -0.25) is 4.79 Å². The van der Waals surface area contributed by atoms with Crippen molar-refractivity contribution in [3.63, 3.8) is 0 Å². The number of nitrogens with one attached hydrogen (secondary N) is 1. The Hall–Kier alpha value is -0.570. The van der Waals surface area contributed by atoms with Crippen molar-refractivity contribution in [1.82, 2.24) is 5.32 Å². The van der Waals surface area contributed by atoms with E-state index in [4.69, 9.17) is 4.74 Å². The molecule has 1 N–H and O–H groups in total. The highest BCUT2D eigenvalue weighted by atomic mass is 16.5. The van der Waals surface area contributed by atoms with Crippen molar-refractivity contribution >= 4 is 5.97 Å². The van der Waals surface area contributed by atoms with Crippen LogP contribution in [0, 0.1) is 5.92 Å². The fraction of sp³-hybridized carbons (Fsp3) is 0.909. The maximum atomic E-state index is 10.9. The van der Waals surface area contributed by atoms with Crippen LogP contribution in [0.4, 0.5) is 0 Å². The Bertz CT molecular complexity index is 146. The van der Waals surface area contributed by atoms with Gasteiger partial charge < -0.3 is 10.1 Å². The second kappa shape index (κ2) is 9.00. The first-order chi connectivity index (χ1) is 6.66. The van der Waals surface area contributed by atoms with Gasteiger partial charge >= 0.3 is 5.97 Å². The van der Waals surface area contributed by atoms with E-state index in [1.165, 1.54) is 6.42 Å². The van der Waals surface area contributed by atoms with Crippen LogP contribution in [0.15, 0.2) is 0 Å². The van der Waals surface area contributed by atoms with Crippen molar-refractivity contribution in [3.05, 3.63) is 0 Å². The monoisotopic (exact) mass is 201 g/mol. The van der Waals surface area contributed by atoms with Gasteiger partial charge in [0, 0.05) is 6.42 Å². The number of hydrogen-bond donors (Lipinski definition) is 1. The topological polar surface area (TPSA) is 38.3 Å². The van der Waals surface area contributed by atoms with Crippen LogP contribution >= 0.6 is 0 Å². The Labute approximate surface area is 87.2 Å². The predicted octanol–water partition coefficient (Wildman–Crippen LogP) is 1.97. The van der Waals surface area contributed by atoms with Crippen LogP contribution in [0.1, 0.15) is 40.0 Å². The van der Waals surface area contributed by atoms with Crippen molar-refractivity contribution in [2.24, 2.45) is 5.92 Å². The van der Waals surface area contributed by atoms with Gasteiger partial charge in [-0.15, -0.1) is 0 Å². The zero-order valence-electron chi connectivity index (χ0n) is 9.64. The Morgan fingerprint density at radius 3 is 2.64 bits per heavy atom. The van der Waals surface area contributed by atoms with Gasteiger partial charge in [0.05, 0.1) is 6.61 Å². The molecule has 0 atom stereocenters. The summed E-state index contributed by atoms with van der Waals surface area (Å²) in [6, 6.07) is 0. The van der Waals surface area contributed by atoms with Crippen LogP contribution in [0.2, 0.25) is 0 Å². The molecule has 0 spiro atoms. The van der Waals surface area contributed by atoms with Gasteiger partial charge in [-0.25, -0.2) is 0 Å². The molecule has 0 aromatic carbocycles. The first-order valence-electron chi connectivity index (χ1n) is 5.53. The summed E-state index contributed by atoms with van der Waals surface area (Å²) < 4.78 is 4.82. The molecule has 0 amide bonds. The van der Waals surface area contributed by atoms with Crippen molar-refractivity contribution in [1.29, 1.82) is 0 Å². The lowest BCUT2D eigenvalue weighted by molar-refractivity contribution is -0.143. The zero-order valence-corrected chi connectivity index (χ0v) is 9.64. The van der Waals surface area contributed by atoms with Gasteiger partial charge in [0.1, 0.15) is 0 Å². The van der Waals surface area contributed by atoms with Crippen LogP contribution < -0.4 is 5.32 Å². The highest BCUT2D eigenvalue weighted by Gasteiger charge is 2.00. The number of carbonyl (C=O) groups excluding carboxylic acids is 1. The first-order valence-corrected chi connectivity index (χ1v) is 5.53. The molecule has 0 saturated heterocycles. The van der Waals surface area contributed by atoms with E-state index >= 15 is 0 Å². The van der Waals surface area contributed by atoms with Crippen molar-refractivity contribution in [2.45, 2.75) is 40.0 Å². The normalized spacial score (nSPS) is 10.6. The lowest BCUT2D eigenvalue weighted by Gasteiger charge is -2.06. The molecule has 0 bridgehead atoms. The van der Waals surface area contributed by atoms with Gasteiger partial charge in [0.2, 0.25) is 0 Å². The molecule has 3 heteroatoms. The van der Waals surface area contributed by atoms with Crippen molar-refractivity contribution < 1.29 is 9.53 Å². The molecule has 3 nitrogen and oxygen atoms in total. The number of esters is 1. The number of hydrogen-bond acceptors (Lipinski definition) is 3. The van der Waals surface area contributed by atoms with Crippen LogP contribution in [-0.2, 0) is 9.53 Å². The summed E-state index contributed by atoms with van der Waals surface area (Å²) in [5.41, 5.74) is 0. The Balaban J connectivity index is 3.09. The second-order valence-electron chi connectivity index (χ2n) is 3.84. The highest BCUT2D eigenvalue weighted by Crippen LogP contribution is 1.96. The molecule has 0 saturated carbocycles. The van der Waals surface area contributed by atoms with Crippen LogP contribution in [0.25, 0.3) is 0 Å². The van der Waals surface area contributed by atoms with E-state index in [2.05, 4.69) is 19.2 Å². The lowest BCUT2D eigenvalue weighted by atomic mass is 10.1. The largest absolute Gasteiger partial charge is 0.466 e. The predicted molar refractivity (Wildman–Crippen MR) is 58.2 cm³/mol. The quantitative estimate of drug-likeness (QED) is 0.482. The first kappa shape index (κ1) is 13.4. The van der Waals surface area contributed by atoms with Crippen LogP contribution in [0.3, 0.4) is 0 Å². The van der Waals surface area contributed by atoms with Gasteiger partial charge in [-0.2, -0.15) is 0 Å². The minimum atomic E-state index is -0.0850. The zero-order chi connectivity index (χ0) is 10.8. The third kappa shape index (κ3) is 9.52.